The van der Waals surface area contributed by atoms with Crippen molar-refractivity contribution in [1.82, 2.24) is 10.2 Å². The van der Waals surface area contributed by atoms with Crippen molar-refractivity contribution in [2.24, 2.45) is 5.73 Å². The molecule has 0 atom stereocenters. The fraction of sp³-hybridized carbons (Fsp3) is 0.385. The van der Waals surface area contributed by atoms with E-state index in [-0.39, 0.29) is 18.4 Å². The molecule has 0 aliphatic carbocycles. The molecule has 0 bridgehead atoms. The van der Waals surface area contributed by atoms with Gasteiger partial charge in [0.05, 0.1) is 22.8 Å². The molecule has 2 amide bonds. The first-order valence-corrected chi connectivity index (χ1v) is 6.79. The summed E-state index contributed by atoms with van der Waals surface area (Å²) in [5.74, 6) is 5.51. The van der Waals surface area contributed by atoms with E-state index in [1.54, 1.807) is 4.90 Å². The molecule has 6 heteroatoms. The van der Waals surface area contributed by atoms with Gasteiger partial charge in [-0.25, -0.2) is 0 Å². The molecule has 0 spiro atoms. The minimum atomic E-state index is -0.115. The smallest absolute Gasteiger partial charge is 0.264 e. The van der Waals surface area contributed by atoms with Gasteiger partial charge < -0.3 is 16.0 Å². The van der Waals surface area contributed by atoms with Crippen LogP contribution >= 0.6 is 11.3 Å². The molecule has 1 aromatic rings. The zero-order valence-corrected chi connectivity index (χ0v) is 11.5. The van der Waals surface area contributed by atoms with Crippen LogP contribution in [0.1, 0.15) is 20.1 Å². The molecule has 100 valence electrons. The van der Waals surface area contributed by atoms with Crippen LogP contribution in [0.25, 0.3) is 0 Å². The van der Waals surface area contributed by atoms with Crippen molar-refractivity contribution in [1.29, 1.82) is 0 Å². The highest BCUT2D eigenvalue weighted by Gasteiger charge is 2.23. The number of thiophene rings is 1. The lowest BCUT2D eigenvalue weighted by molar-refractivity contribution is -0.123. The Morgan fingerprint density at radius 2 is 2.42 bits per heavy atom. The molecule has 2 rings (SSSR count). The summed E-state index contributed by atoms with van der Waals surface area (Å²) in [6.07, 6.45) is 0. The first-order valence-electron chi connectivity index (χ1n) is 5.97. The number of hydrogen-bond donors (Lipinski definition) is 2. The van der Waals surface area contributed by atoms with E-state index in [1.165, 1.54) is 11.3 Å². The van der Waals surface area contributed by atoms with Gasteiger partial charge in [-0.1, -0.05) is 11.8 Å². The number of amides is 2. The van der Waals surface area contributed by atoms with Crippen LogP contribution in [0.5, 0.6) is 0 Å². The molecule has 1 aliphatic rings. The summed E-state index contributed by atoms with van der Waals surface area (Å²) in [4.78, 5) is 26.6. The predicted octanol–water partition coefficient (Wildman–Crippen LogP) is -0.0613. The first-order chi connectivity index (χ1) is 9.11. The highest BCUT2D eigenvalue weighted by Crippen LogP contribution is 2.22. The highest BCUT2D eigenvalue weighted by atomic mass is 32.1. The molecule has 0 saturated carbocycles. The van der Waals surface area contributed by atoms with Gasteiger partial charge in [0.1, 0.15) is 0 Å². The molecule has 0 aromatic carbocycles. The second-order valence-electron chi connectivity index (χ2n) is 4.21. The summed E-state index contributed by atoms with van der Waals surface area (Å²) in [7, 11) is 0. The molecule has 1 aliphatic heterocycles. The molecular formula is C13H15N3O2S. The maximum absolute atomic E-state index is 12.3. The van der Waals surface area contributed by atoms with Gasteiger partial charge in [0.2, 0.25) is 5.91 Å². The molecule has 0 radical (unpaired) electrons. The molecule has 0 unspecified atom stereocenters. The van der Waals surface area contributed by atoms with Crippen molar-refractivity contribution < 1.29 is 9.59 Å². The van der Waals surface area contributed by atoms with E-state index in [0.29, 0.717) is 24.5 Å². The molecule has 1 saturated heterocycles. The Bertz CT molecular complexity index is 568. The molecule has 5 nitrogen and oxygen atoms in total. The summed E-state index contributed by atoms with van der Waals surface area (Å²) in [5, 5.41) is 2.70. The quantitative estimate of drug-likeness (QED) is 0.706. The van der Waals surface area contributed by atoms with Crippen LogP contribution < -0.4 is 11.1 Å². The lowest BCUT2D eigenvalue weighted by Crippen LogP contribution is -2.49. The normalized spacial score (nSPS) is 14.6. The predicted molar refractivity (Wildman–Crippen MR) is 73.9 cm³/mol. The Morgan fingerprint density at radius 3 is 3.11 bits per heavy atom. The molecule has 1 aromatic heterocycles. The van der Waals surface area contributed by atoms with Crippen LogP contribution in [0.4, 0.5) is 0 Å². The number of nitrogens with zero attached hydrogens (tertiary/aromatic N) is 1. The number of nitrogens with one attached hydrogen (secondary N) is 1. The van der Waals surface area contributed by atoms with Gasteiger partial charge in [-0.3, -0.25) is 9.59 Å². The molecule has 1 fully saturated rings. The van der Waals surface area contributed by atoms with E-state index in [0.717, 1.165) is 10.4 Å². The molecule has 19 heavy (non-hydrogen) atoms. The van der Waals surface area contributed by atoms with Crippen molar-refractivity contribution in [2.75, 3.05) is 26.2 Å². The zero-order chi connectivity index (χ0) is 13.8. The molecule has 2 heterocycles. The van der Waals surface area contributed by atoms with Crippen LogP contribution in [0.15, 0.2) is 6.07 Å². The Kier molecular flexibility index (Phi) is 4.20. The van der Waals surface area contributed by atoms with Crippen LogP contribution in [-0.4, -0.2) is 42.9 Å². The monoisotopic (exact) mass is 277 g/mol. The lowest BCUT2D eigenvalue weighted by Gasteiger charge is -2.26. The third kappa shape index (κ3) is 3.13. The number of piperazine rings is 1. The Hall–Kier alpha value is -1.84. The van der Waals surface area contributed by atoms with Gasteiger partial charge in [0.25, 0.3) is 5.91 Å². The molecular weight excluding hydrogens is 262 g/mol. The van der Waals surface area contributed by atoms with Gasteiger partial charge in [0, 0.05) is 13.1 Å². The van der Waals surface area contributed by atoms with E-state index < -0.39 is 0 Å². The van der Waals surface area contributed by atoms with Gasteiger partial charge in [-0.2, -0.15) is 0 Å². The number of hydrogen-bond acceptors (Lipinski definition) is 4. The van der Waals surface area contributed by atoms with E-state index >= 15 is 0 Å². The second kappa shape index (κ2) is 5.87. The third-order valence-corrected chi connectivity index (χ3v) is 3.90. The SMILES string of the molecule is Cc1cc(C(=O)N2CCNC(=O)C2)sc1C#CCN. The van der Waals surface area contributed by atoms with Crippen molar-refractivity contribution in [3.05, 3.63) is 21.4 Å². The van der Waals surface area contributed by atoms with Crippen molar-refractivity contribution in [2.45, 2.75) is 6.92 Å². The number of nitrogens with two attached hydrogens (primary N) is 1. The van der Waals surface area contributed by atoms with Crippen molar-refractivity contribution in [3.63, 3.8) is 0 Å². The van der Waals surface area contributed by atoms with Crippen LogP contribution in [0.3, 0.4) is 0 Å². The van der Waals surface area contributed by atoms with Crippen LogP contribution in [0.2, 0.25) is 0 Å². The minimum absolute atomic E-state index is 0.108. The number of rotatable bonds is 1. The first kappa shape index (κ1) is 13.6. The maximum atomic E-state index is 12.3. The van der Waals surface area contributed by atoms with E-state index in [2.05, 4.69) is 17.2 Å². The lowest BCUT2D eigenvalue weighted by atomic mass is 10.2. The van der Waals surface area contributed by atoms with Gasteiger partial charge in [-0.15, -0.1) is 11.3 Å². The summed E-state index contributed by atoms with van der Waals surface area (Å²) in [5.41, 5.74) is 6.30. The van der Waals surface area contributed by atoms with E-state index in [1.807, 2.05) is 13.0 Å². The molecule has 3 N–H and O–H groups in total. The summed E-state index contributed by atoms with van der Waals surface area (Å²) < 4.78 is 0. The van der Waals surface area contributed by atoms with E-state index in [9.17, 15) is 9.59 Å². The number of aryl methyl sites for hydroxylation is 1. The average molecular weight is 277 g/mol. The van der Waals surface area contributed by atoms with Crippen molar-refractivity contribution >= 4 is 23.2 Å². The average Bonchev–Trinajstić information content (AvgIpc) is 2.77. The highest BCUT2D eigenvalue weighted by molar-refractivity contribution is 7.14. The number of carbonyl (C=O) groups excluding carboxylic acids is 2. The van der Waals surface area contributed by atoms with Crippen LogP contribution in [-0.2, 0) is 4.79 Å². The largest absolute Gasteiger partial charge is 0.353 e. The van der Waals surface area contributed by atoms with Gasteiger partial charge in [-0.05, 0) is 18.6 Å². The summed E-state index contributed by atoms with van der Waals surface area (Å²) >= 11 is 1.35. The topological polar surface area (TPSA) is 75.4 Å². The van der Waals surface area contributed by atoms with Crippen molar-refractivity contribution in [3.8, 4) is 11.8 Å². The Labute approximate surface area is 115 Å². The van der Waals surface area contributed by atoms with E-state index in [4.69, 9.17) is 5.73 Å². The minimum Gasteiger partial charge on any atom is -0.353 e. The summed E-state index contributed by atoms with van der Waals surface area (Å²) in [6.45, 7) is 3.39. The van der Waals surface area contributed by atoms with Crippen LogP contribution in [0, 0.1) is 18.8 Å². The zero-order valence-electron chi connectivity index (χ0n) is 10.7. The fourth-order valence-electron chi connectivity index (χ4n) is 1.81. The standard InChI is InChI=1S/C13H15N3O2S/c1-9-7-11(19-10(9)3-2-4-14)13(18)16-6-5-15-12(17)8-16/h7H,4-6,8,14H2,1H3,(H,15,17). The third-order valence-electron chi connectivity index (χ3n) is 2.76. The number of carbonyl (C=O) groups is 2. The second-order valence-corrected chi connectivity index (χ2v) is 5.26. The maximum Gasteiger partial charge on any atom is 0.264 e. The van der Waals surface area contributed by atoms with Gasteiger partial charge >= 0.3 is 0 Å². The Morgan fingerprint density at radius 1 is 1.63 bits per heavy atom. The summed E-state index contributed by atoms with van der Waals surface area (Å²) in [6, 6.07) is 1.82. The fourth-order valence-corrected chi connectivity index (χ4v) is 2.83. The Balaban J connectivity index is 2.17. The van der Waals surface area contributed by atoms with Gasteiger partial charge in [0.15, 0.2) is 0 Å².